The van der Waals surface area contributed by atoms with Gasteiger partial charge in [-0.25, -0.2) is 0 Å². The molecule has 108 valence electrons. The number of nitrogens with one attached hydrogen (secondary N) is 2. The number of nitrogens with zero attached hydrogens (tertiary/aromatic N) is 3. The van der Waals surface area contributed by atoms with Gasteiger partial charge in [0.25, 0.3) is 0 Å². The fourth-order valence-electron chi connectivity index (χ4n) is 1.59. The number of hydrogen-bond donors (Lipinski definition) is 3. The Morgan fingerprint density at radius 2 is 1.74 bits per heavy atom. The number of rotatable bonds is 7. The molecule has 0 aromatic carbocycles. The van der Waals surface area contributed by atoms with Crippen molar-refractivity contribution >= 4 is 11.9 Å². The number of hydrogen-bond acceptors (Lipinski definition) is 7. The second kappa shape index (κ2) is 7.08. The number of aliphatic hydroxyl groups excluding tert-OH is 1. The highest BCUT2D eigenvalue weighted by Gasteiger charge is 2.11. The van der Waals surface area contributed by atoms with Crippen molar-refractivity contribution in [1.82, 2.24) is 15.0 Å². The third-order valence-corrected chi connectivity index (χ3v) is 2.25. The lowest BCUT2D eigenvalue weighted by Gasteiger charge is -2.16. The van der Waals surface area contributed by atoms with Crippen LogP contribution in [0.25, 0.3) is 0 Å². The van der Waals surface area contributed by atoms with Gasteiger partial charge in [0.1, 0.15) is 0 Å². The predicted octanol–water partition coefficient (Wildman–Crippen LogP) is 1.27. The molecule has 0 bridgehead atoms. The Morgan fingerprint density at radius 3 is 2.26 bits per heavy atom. The van der Waals surface area contributed by atoms with E-state index in [1.165, 1.54) is 0 Å². The molecule has 1 rings (SSSR count). The molecule has 0 amide bonds. The summed E-state index contributed by atoms with van der Waals surface area (Å²) in [4.78, 5) is 12.5. The molecule has 7 nitrogen and oxygen atoms in total. The summed E-state index contributed by atoms with van der Waals surface area (Å²) in [6.07, 6.45) is 0.232. The fourth-order valence-corrected chi connectivity index (χ4v) is 1.59. The Bertz CT molecular complexity index is 398. The van der Waals surface area contributed by atoms with E-state index < -0.39 is 0 Å². The fraction of sp³-hybridized carbons (Fsp3) is 0.750. The molecular formula is C12H23N5O2. The number of aliphatic hydroxyl groups is 1. The Labute approximate surface area is 113 Å². The van der Waals surface area contributed by atoms with Gasteiger partial charge in [0.2, 0.25) is 11.9 Å². The van der Waals surface area contributed by atoms with Gasteiger partial charge >= 0.3 is 6.01 Å². The van der Waals surface area contributed by atoms with Gasteiger partial charge in [-0.2, -0.15) is 15.0 Å². The van der Waals surface area contributed by atoms with Crippen LogP contribution in [0.1, 0.15) is 34.1 Å². The highest BCUT2D eigenvalue weighted by molar-refractivity contribution is 5.36. The van der Waals surface area contributed by atoms with Crippen LogP contribution in [0, 0.1) is 0 Å². The summed E-state index contributed by atoms with van der Waals surface area (Å²) in [6, 6.07) is 0.333. The topological polar surface area (TPSA) is 92.2 Å². The van der Waals surface area contributed by atoms with Crippen molar-refractivity contribution in [3.8, 4) is 6.01 Å². The third-order valence-electron chi connectivity index (χ3n) is 2.25. The lowest BCUT2D eigenvalue weighted by atomic mass is 10.2. The average Bonchev–Trinajstić information content (AvgIpc) is 2.26. The van der Waals surface area contributed by atoms with Crippen LogP contribution in [-0.4, -0.2) is 45.4 Å². The van der Waals surface area contributed by atoms with Gasteiger partial charge in [-0.1, -0.05) is 0 Å². The highest BCUT2D eigenvalue weighted by atomic mass is 16.5. The minimum absolute atomic E-state index is 0.00477. The van der Waals surface area contributed by atoms with E-state index in [-0.39, 0.29) is 24.3 Å². The van der Waals surface area contributed by atoms with Gasteiger partial charge in [-0.05, 0) is 34.1 Å². The van der Waals surface area contributed by atoms with E-state index in [9.17, 15) is 5.11 Å². The lowest BCUT2D eigenvalue weighted by Crippen LogP contribution is -2.22. The SMILES string of the molecule is CNc1nc(NC(C)CC(C)O)nc(OC(C)C)n1. The molecule has 0 aliphatic heterocycles. The van der Waals surface area contributed by atoms with Crippen LogP contribution in [0.4, 0.5) is 11.9 Å². The van der Waals surface area contributed by atoms with Crippen LogP contribution in [0.15, 0.2) is 0 Å². The van der Waals surface area contributed by atoms with Gasteiger partial charge in [0.15, 0.2) is 0 Å². The Hall–Kier alpha value is -1.63. The van der Waals surface area contributed by atoms with Crippen LogP contribution in [0.5, 0.6) is 6.01 Å². The molecule has 1 aromatic heterocycles. The van der Waals surface area contributed by atoms with Crippen molar-refractivity contribution in [2.24, 2.45) is 0 Å². The zero-order valence-electron chi connectivity index (χ0n) is 12.1. The van der Waals surface area contributed by atoms with Gasteiger partial charge in [0, 0.05) is 13.1 Å². The van der Waals surface area contributed by atoms with E-state index in [0.29, 0.717) is 18.3 Å². The molecule has 2 atom stereocenters. The first kappa shape index (κ1) is 15.4. The Balaban J connectivity index is 2.81. The number of aromatic nitrogens is 3. The van der Waals surface area contributed by atoms with Crippen molar-refractivity contribution in [2.45, 2.75) is 52.4 Å². The van der Waals surface area contributed by atoms with E-state index in [1.807, 2.05) is 20.8 Å². The molecule has 0 spiro atoms. The molecule has 0 aliphatic carbocycles. The number of ether oxygens (including phenoxy) is 1. The highest BCUT2D eigenvalue weighted by Crippen LogP contribution is 2.13. The first-order chi connectivity index (χ1) is 8.90. The monoisotopic (exact) mass is 269 g/mol. The standard InChI is InChI=1S/C12H23N5O2/c1-7(2)19-12-16-10(13-5)15-11(17-12)14-8(3)6-9(4)18/h7-9,18H,6H2,1-5H3,(H2,13,14,15,16,17). The van der Waals surface area contributed by atoms with E-state index in [2.05, 4.69) is 25.6 Å². The zero-order chi connectivity index (χ0) is 14.4. The molecule has 0 saturated carbocycles. The molecule has 0 radical (unpaired) electrons. The smallest absolute Gasteiger partial charge is 0.323 e. The summed E-state index contributed by atoms with van der Waals surface area (Å²) in [7, 11) is 1.73. The lowest BCUT2D eigenvalue weighted by molar-refractivity contribution is 0.179. The Morgan fingerprint density at radius 1 is 1.11 bits per heavy atom. The molecule has 1 heterocycles. The van der Waals surface area contributed by atoms with Crippen LogP contribution in [-0.2, 0) is 0 Å². The maximum Gasteiger partial charge on any atom is 0.323 e. The summed E-state index contributed by atoms with van der Waals surface area (Å²) in [5.74, 6) is 0.876. The number of anilines is 2. The minimum Gasteiger partial charge on any atom is -0.461 e. The second-order valence-corrected chi connectivity index (χ2v) is 4.81. The summed E-state index contributed by atoms with van der Waals surface area (Å²) in [6.45, 7) is 7.52. The molecule has 0 aliphatic rings. The van der Waals surface area contributed by atoms with Crippen molar-refractivity contribution in [3.63, 3.8) is 0 Å². The van der Waals surface area contributed by atoms with E-state index in [1.54, 1.807) is 14.0 Å². The van der Waals surface area contributed by atoms with Gasteiger partial charge in [-0.3, -0.25) is 0 Å². The maximum atomic E-state index is 9.34. The Kier molecular flexibility index (Phi) is 5.75. The van der Waals surface area contributed by atoms with Crippen LogP contribution < -0.4 is 15.4 Å². The van der Waals surface area contributed by atoms with Crippen LogP contribution >= 0.6 is 0 Å². The van der Waals surface area contributed by atoms with Gasteiger partial charge < -0.3 is 20.5 Å². The molecule has 19 heavy (non-hydrogen) atoms. The quantitative estimate of drug-likeness (QED) is 0.686. The first-order valence-electron chi connectivity index (χ1n) is 6.45. The van der Waals surface area contributed by atoms with Gasteiger partial charge in [0.05, 0.1) is 12.2 Å². The minimum atomic E-state index is -0.375. The molecule has 7 heteroatoms. The second-order valence-electron chi connectivity index (χ2n) is 4.81. The molecular weight excluding hydrogens is 246 g/mol. The van der Waals surface area contributed by atoms with Crippen molar-refractivity contribution in [1.29, 1.82) is 0 Å². The normalized spacial score (nSPS) is 14.1. The van der Waals surface area contributed by atoms with Crippen LogP contribution in [0.3, 0.4) is 0 Å². The molecule has 0 saturated heterocycles. The predicted molar refractivity (Wildman–Crippen MR) is 74.5 cm³/mol. The largest absolute Gasteiger partial charge is 0.461 e. The average molecular weight is 269 g/mol. The third kappa shape index (κ3) is 5.69. The molecule has 3 N–H and O–H groups in total. The summed E-state index contributed by atoms with van der Waals surface area (Å²) < 4.78 is 5.47. The summed E-state index contributed by atoms with van der Waals surface area (Å²) in [5, 5.41) is 15.3. The van der Waals surface area contributed by atoms with Crippen molar-refractivity contribution in [3.05, 3.63) is 0 Å². The molecule has 1 aromatic rings. The zero-order valence-corrected chi connectivity index (χ0v) is 12.1. The maximum absolute atomic E-state index is 9.34. The summed E-state index contributed by atoms with van der Waals surface area (Å²) in [5.41, 5.74) is 0. The first-order valence-corrected chi connectivity index (χ1v) is 6.45. The van der Waals surface area contributed by atoms with Crippen molar-refractivity contribution < 1.29 is 9.84 Å². The molecule has 2 unspecified atom stereocenters. The van der Waals surface area contributed by atoms with Crippen LogP contribution in [0.2, 0.25) is 0 Å². The van der Waals surface area contributed by atoms with E-state index in [0.717, 1.165) is 0 Å². The van der Waals surface area contributed by atoms with E-state index >= 15 is 0 Å². The van der Waals surface area contributed by atoms with Gasteiger partial charge in [-0.15, -0.1) is 0 Å². The van der Waals surface area contributed by atoms with Crippen molar-refractivity contribution in [2.75, 3.05) is 17.7 Å². The van der Waals surface area contributed by atoms with E-state index in [4.69, 9.17) is 4.74 Å². The summed E-state index contributed by atoms with van der Waals surface area (Å²) >= 11 is 0. The molecule has 0 fully saturated rings.